The van der Waals surface area contributed by atoms with E-state index in [1.54, 1.807) is 0 Å². The number of rotatable bonds is 6. The van der Waals surface area contributed by atoms with Crippen molar-refractivity contribution in [3.8, 4) is 67.5 Å². The second kappa shape index (κ2) is 13.4. The van der Waals surface area contributed by atoms with Gasteiger partial charge >= 0.3 is 0 Å². The van der Waals surface area contributed by atoms with Gasteiger partial charge in [0.2, 0.25) is 0 Å². The first-order valence-electron chi connectivity index (χ1n) is 18.4. The number of hydrogen-bond donors (Lipinski definition) is 0. The molecule has 262 valence electrons. The van der Waals surface area contributed by atoms with Crippen LogP contribution in [0.3, 0.4) is 0 Å². The van der Waals surface area contributed by atoms with Crippen LogP contribution in [0, 0.1) is 0 Å². The minimum Gasteiger partial charge on any atom is -0.228 e. The molecule has 0 amide bonds. The minimum absolute atomic E-state index is 0.601. The third kappa shape index (κ3) is 5.64. The zero-order chi connectivity index (χ0) is 37.0. The monoisotopic (exact) mass is 751 g/mol. The van der Waals surface area contributed by atoms with Crippen LogP contribution in [0.2, 0.25) is 0 Å². The van der Waals surface area contributed by atoms with Crippen LogP contribution in [0.25, 0.3) is 108 Å². The van der Waals surface area contributed by atoms with E-state index in [9.17, 15) is 0 Å². The Balaban J connectivity index is 1.17. The van der Waals surface area contributed by atoms with Crippen molar-refractivity contribution in [2.24, 2.45) is 0 Å². The van der Waals surface area contributed by atoms with E-state index >= 15 is 0 Å². The molecular formula is C49H29N5S2. The van der Waals surface area contributed by atoms with Gasteiger partial charge in [0, 0.05) is 62.6 Å². The molecule has 4 heterocycles. The highest BCUT2D eigenvalue weighted by molar-refractivity contribution is 7.26. The summed E-state index contributed by atoms with van der Waals surface area (Å²) in [7, 11) is 0. The first-order valence-corrected chi connectivity index (χ1v) is 20.0. The highest BCUT2D eigenvalue weighted by atomic mass is 32.1. The zero-order valence-corrected chi connectivity index (χ0v) is 31.4. The molecule has 0 aliphatic carbocycles. The van der Waals surface area contributed by atoms with Crippen molar-refractivity contribution in [1.82, 2.24) is 24.9 Å². The van der Waals surface area contributed by atoms with Crippen molar-refractivity contribution in [1.29, 1.82) is 0 Å². The molecule has 4 aromatic heterocycles. The molecule has 0 atom stereocenters. The number of benzene rings is 7. The summed E-state index contributed by atoms with van der Waals surface area (Å²) in [5.41, 5.74) is 10.2. The molecule has 0 radical (unpaired) electrons. The number of thiophene rings is 2. The predicted octanol–water partition coefficient (Wildman–Crippen LogP) is 13.4. The molecule has 0 N–H and O–H groups in total. The SMILES string of the molecule is c1ccc(-c2cc(-c3cc(-c4cccc5c4sc4ccccc45)cc(-c4cccc5c4sc4ccccc45)c3)nc(-c3cccc(-c4ncncn4)c3)n2)cc1. The maximum Gasteiger partial charge on any atom is 0.162 e. The third-order valence-corrected chi connectivity index (χ3v) is 12.8. The number of hydrogen-bond acceptors (Lipinski definition) is 7. The molecule has 0 aliphatic rings. The van der Waals surface area contributed by atoms with Crippen LogP contribution in [-0.2, 0) is 0 Å². The maximum atomic E-state index is 5.34. The van der Waals surface area contributed by atoms with Gasteiger partial charge in [0.1, 0.15) is 12.7 Å². The van der Waals surface area contributed by atoms with Crippen molar-refractivity contribution in [2.45, 2.75) is 0 Å². The highest BCUT2D eigenvalue weighted by Gasteiger charge is 2.18. The fraction of sp³-hybridized carbons (Fsp3) is 0. The highest BCUT2D eigenvalue weighted by Crippen LogP contribution is 2.45. The van der Waals surface area contributed by atoms with Gasteiger partial charge in [-0.15, -0.1) is 22.7 Å². The van der Waals surface area contributed by atoms with Crippen LogP contribution in [0.1, 0.15) is 0 Å². The Morgan fingerprint density at radius 1 is 0.339 bits per heavy atom. The maximum absolute atomic E-state index is 5.34. The molecule has 0 bridgehead atoms. The van der Waals surface area contributed by atoms with E-state index in [-0.39, 0.29) is 0 Å². The number of fused-ring (bicyclic) bond motifs is 6. The van der Waals surface area contributed by atoms with Crippen LogP contribution in [0.5, 0.6) is 0 Å². The average molecular weight is 752 g/mol. The topological polar surface area (TPSA) is 64.5 Å². The van der Waals surface area contributed by atoms with Crippen molar-refractivity contribution in [3.63, 3.8) is 0 Å². The zero-order valence-electron chi connectivity index (χ0n) is 29.8. The van der Waals surface area contributed by atoms with Crippen LogP contribution < -0.4 is 0 Å². The van der Waals surface area contributed by atoms with Crippen LogP contribution in [0.15, 0.2) is 176 Å². The Morgan fingerprint density at radius 2 is 0.804 bits per heavy atom. The summed E-state index contributed by atoms with van der Waals surface area (Å²) in [6.45, 7) is 0. The first kappa shape index (κ1) is 32.5. The molecule has 0 fully saturated rings. The smallest absolute Gasteiger partial charge is 0.162 e. The summed E-state index contributed by atoms with van der Waals surface area (Å²) in [5.74, 6) is 1.23. The summed E-state index contributed by atoms with van der Waals surface area (Å²) < 4.78 is 5.13. The largest absolute Gasteiger partial charge is 0.228 e. The van der Waals surface area contributed by atoms with Crippen LogP contribution in [-0.4, -0.2) is 24.9 Å². The van der Waals surface area contributed by atoms with Crippen LogP contribution in [0.4, 0.5) is 0 Å². The van der Waals surface area contributed by atoms with Gasteiger partial charge in [-0.2, -0.15) is 0 Å². The Morgan fingerprint density at radius 3 is 1.43 bits per heavy atom. The molecule has 0 saturated heterocycles. The predicted molar refractivity (Wildman–Crippen MR) is 234 cm³/mol. The molecular weight excluding hydrogens is 723 g/mol. The van der Waals surface area contributed by atoms with Gasteiger partial charge in [-0.1, -0.05) is 121 Å². The second-order valence-electron chi connectivity index (χ2n) is 13.7. The van der Waals surface area contributed by atoms with Gasteiger partial charge in [0.25, 0.3) is 0 Å². The minimum atomic E-state index is 0.601. The molecule has 7 heteroatoms. The van der Waals surface area contributed by atoms with E-state index < -0.39 is 0 Å². The van der Waals surface area contributed by atoms with E-state index in [2.05, 4.69) is 142 Å². The van der Waals surface area contributed by atoms with E-state index in [1.807, 2.05) is 59.1 Å². The normalized spacial score (nSPS) is 11.6. The lowest BCUT2D eigenvalue weighted by Crippen LogP contribution is -1.97. The van der Waals surface area contributed by atoms with E-state index in [4.69, 9.17) is 9.97 Å². The molecule has 11 aromatic rings. The quantitative estimate of drug-likeness (QED) is 0.169. The van der Waals surface area contributed by atoms with E-state index in [0.29, 0.717) is 11.6 Å². The van der Waals surface area contributed by atoms with E-state index in [1.165, 1.54) is 64.1 Å². The fourth-order valence-electron chi connectivity index (χ4n) is 7.70. The van der Waals surface area contributed by atoms with Crippen molar-refractivity contribution >= 4 is 63.0 Å². The molecule has 56 heavy (non-hydrogen) atoms. The summed E-state index contributed by atoms with van der Waals surface area (Å²) in [5, 5.41) is 5.12. The first-order chi connectivity index (χ1) is 27.7. The summed E-state index contributed by atoms with van der Waals surface area (Å²) in [6, 6.07) is 58.3. The number of nitrogens with zero attached hydrogens (tertiary/aromatic N) is 5. The molecule has 11 rings (SSSR count). The van der Waals surface area contributed by atoms with Gasteiger partial charge < -0.3 is 0 Å². The Kier molecular flexibility index (Phi) is 7.79. The standard InChI is InChI=1S/C49H29N5S2/c1-2-11-30(12-3-1)42-27-43(54-49(53-42)32-14-8-13-31(23-32)48-51-28-50-29-52-48)35-25-33(36-17-9-19-40-38-15-4-6-21-44(38)55-46(36)40)24-34(26-35)37-18-10-20-41-39-16-5-7-22-45(39)56-47(37)41/h1-29H. The molecule has 0 aliphatic heterocycles. The van der Waals surface area contributed by atoms with Crippen molar-refractivity contribution in [3.05, 3.63) is 176 Å². The van der Waals surface area contributed by atoms with Gasteiger partial charge in [-0.05, 0) is 64.7 Å². The lowest BCUT2D eigenvalue weighted by Gasteiger charge is -2.14. The van der Waals surface area contributed by atoms with Crippen molar-refractivity contribution in [2.75, 3.05) is 0 Å². The van der Waals surface area contributed by atoms with Gasteiger partial charge in [-0.3, -0.25) is 0 Å². The summed E-state index contributed by atoms with van der Waals surface area (Å²) >= 11 is 3.71. The van der Waals surface area contributed by atoms with Gasteiger partial charge in [0.05, 0.1) is 11.4 Å². The Bertz CT molecular complexity index is 3130. The molecule has 5 nitrogen and oxygen atoms in total. The number of aromatic nitrogens is 5. The van der Waals surface area contributed by atoms with Crippen LogP contribution >= 0.6 is 22.7 Å². The summed E-state index contributed by atoms with van der Waals surface area (Å²) in [4.78, 5) is 23.3. The van der Waals surface area contributed by atoms with Gasteiger partial charge in [-0.25, -0.2) is 24.9 Å². The second-order valence-corrected chi connectivity index (χ2v) is 15.8. The van der Waals surface area contributed by atoms with Crippen molar-refractivity contribution < 1.29 is 0 Å². The Hall–Kier alpha value is -6.93. The lowest BCUT2D eigenvalue weighted by molar-refractivity contribution is 1.06. The average Bonchev–Trinajstić information content (AvgIpc) is 3.86. The molecule has 0 unspecified atom stereocenters. The molecule has 0 spiro atoms. The Labute approximate surface area is 330 Å². The fourth-order valence-corrected chi connectivity index (χ4v) is 10.2. The third-order valence-electron chi connectivity index (χ3n) is 10.3. The summed E-state index contributed by atoms with van der Waals surface area (Å²) in [6.07, 6.45) is 3.03. The molecule has 0 saturated carbocycles. The van der Waals surface area contributed by atoms with E-state index in [0.717, 1.165) is 44.8 Å². The lowest BCUT2D eigenvalue weighted by atomic mass is 9.93. The van der Waals surface area contributed by atoms with Gasteiger partial charge in [0.15, 0.2) is 11.6 Å². The molecule has 7 aromatic carbocycles.